The smallest absolute Gasteiger partial charge is 0.136 e. The number of hydrogen-bond acceptors (Lipinski definition) is 1. The fourth-order valence-corrected chi connectivity index (χ4v) is 2.76. The lowest BCUT2D eigenvalue weighted by atomic mass is 9.89. The Hall–Kier alpha value is -0.330. The molecule has 2 unspecified atom stereocenters. The van der Waals surface area contributed by atoms with E-state index >= 15 is 0 Å². The summed E-state index contributed by atoms with van der Waals surface area (Å²) in [5, 5.41) is 0. The standard InChI is InChI=1S/C12H22O/c1-5-6-11(13)10-8-12(3,4)7-9(10)2/h9-10H,5-8H2,1-4H3. The molecule has 0 aromatic carbocycles. The van der Waals surface area contributed by atoms with Crippen LogP contribution in [0.4, 0.5) is 0 Å². The van der Waals surface area contributed by atoms with Crippen molar-refractivity contribution in [3.05, 3.63) is 0 Å². The van der Waals surface area contributed by atoms with Gasteiger partial charge in [-0.15, -0.1) is 0 Å². The van der Waals surface area contributed by atoms with E-state index in [0.29, 0.717) is 23.0 Å². The highest BCUT2D eigenvalue weighted by Crippen LogP contribution is 2.45. The predicted molar refractivity (Wildman–Crippen MR) is 55.6 cm³/mol. The molecule has 1 aliphatic rings. The lowest BCUT2D eigenvalue weighted by Crippen LogP contribution is -2.16. The maximum absolute atomic E-state index is 11.7. The topological polar surface area (TPSA) is 17.1 Å². The normalized spacial score (nSPS) is 32.0. The van der Waals surface area contributed by atoms with Crippen molar-refractivity contribution < 1.29 is 4.79 Å². The van der Waals surface area contributed by atoms with Gasteiger partial charge in [0.25, 0.3) is 0 Å². The molecule has 1 fully saturated rings. The van der Waals surface area contributed by atoms with Crippen molar-refractivity contribution in [1.82, 2.24) is 0 Å². The Labute approximate surface area is 81.9 Å². The molecule has 1 nitrogen and oxygen atoms in total. The monoisotopic (exact) mass is 182 g/mol. The van der Waals surface area contributed by atoms with E-state index in [9.17, 15) is 4.79 Å². The number of rotatable bonds is 3. The highest BCUT2D eigenvalue weighted by Gasteiger charge is 2.39. The minimum absolute atomic E-state index is 0.356. The second-order valence-corrected chi connectivity index (χ2v) is 5.37. The van der Waals surface area contributed by atoms with E-state index < -0.39 is 0 Å². The number of carbonyl (C=O) groups excluding carboxylic acids is 1. The predicted octanol–water partition coefficient (Wildman–Crippen LogP) is 3.43. The summed E-state index contributed by atoms with van der Waals surface area (Å²) in [6.45, 7) is 8.88. The Bertz CT molecular complexity index is 193. The van der Waals surface area contributed by atoms with Crippen LogP contribution in [-0.4, -0.2) is 5.78 Å². The van der Waals surface area contributed by atoms with E-state index in [0.717, 1.165) is 19.3 Å². The molecule has 1 rings (SSSR count). The van der Waals surface area contributed by atoms with Crippen LogP contribution in [0.5, 0.6) is 0 Å². The molecular weight excluding hydrogens is 160 g/mol. The van der Waals surface area contributed by atoms with Crippen LogP contribution in [-0.2, 0) is 4.79 Å². The van der Waals surface area contributed by atoms with Crippen molar-refractivity contribution in [3.63, 3.8) is 0 Å². The Morgan fingerprint density at radius 2 is 2.00 bits per heavy atom. The maximum atomic E-state index is 11.7. The van der Waals surface area contributed by atoms with Gasteiger partial charge in [0.2, 0.25) is 0 Å². The van der Waals surface area contributed by atoms with E-state index in [1.165, 1.54) is 6.42 Å². The zero-order chi connectivity index (χ0) is 10.1. The first-order valence-corrected chi connectivity index (χ1v) is 5.49. The molecule has 0 aliphatic heterocycles. The van der Waals surface area contributed by atoms with Crippen LogP contribution in [0, 0.1) is 17.3 Å². The molecule has 1 aliphatic carbocycles. The Balaban J connectivity index is 2.57. The van der Waals surface area contributed by atoms with E-state index in [1.54, 1.807) is 0 Å². The summed E-state index contributed by atoms with van der Waals surface area (Å²) in [5.74, 6) is 1.46. The van der Waals surface area contributed by atoms with Crippen LogP contribution < -0.4 is 0 Å². The minimum atomic E-state index is 0.356. The van der Waals surface area contributed by atoms with Crippen LogP contribution in [0.2, 0.25) is 0 Å². The summed E-state index contributed by atoms with van der Waals surface area (Å²) < 4.78 is 0. The van der Waals surface area contributed by atoms with Gasteiger partial charge in [0.05, 0.1) is 0 Å². The second-order valence-electron chi connectivity index (χ2n) is 5.37. The highest BCUT2D eigenvalue weighted by atomic mass is 16.1. The van der Waals surface area contributed by atoms with Gasteiger partial charge in [-0.25, -0.2) is 0 Å². The average Bonchev–Trinajstić information content (AvgIpc) is 2.25. The summed E-state index contributed by atoms with van der Waals surface area (Å²) in [4.78, 5) is 11.7. The Kier molecular flexibility index (Phi) is 3.15. The Morgan fingerprint density at radius 1 is 1.38 bits per heavy atom. The van der Waals surface area contributed by atoms with Crippen molar-refractivity contribution in [2.24, 2.45) is 17.3 Å². The van der Waals surface area contributed by atoms with E-state index in [4.69, 9.17) is 0 Å². The van der Waals surface area contributed by atoms with Gasteiger partial charge in [-0.3, -0.25) is 4.79 Å². The van der Waals surface area contributed by atoms with Gasteiger partial charge in [0, 0.05) is 12.3 Å². The third kappa shape index (κ3) is 2.55. The average molecular weight is 182 g/mol. The molecule has 0 N–H and O–H groups in total. The van der Waals surface area contributed by atoms with E-state index in [2.05, 4.69) is 27.7 Å². The molecule has 0 heterocycles. The van der Waals surface area contributed by atoms with Gasteiger partial charge in [0.1, 0.15) is 5.78 Å². The van der Waals surface area contributed by atoms with Gasteiger partial charge < -0.3 is 0 Å². The molecule has 76 valence electrons. The molecule has 1 saturated carbocycles. The molecule has 0 aromatic rings. The quantitative estimate of drug-likeness (QED) is 0.653. The van der Waals surface area contributed by atoms with Gasteiger partial charge >= 0.3 is 0 Å². The highest BCUT2D eigenvalue weighted by molar-refractivity contribution is 5.81. The van der Waals surface area contributed by atoms with Gasteiger partial charge in [-0.05, 0) is 30.6 Å². The lowest BCUT2D eigenvalue weighted by molar-refractivity contribution is -0.123. The molecule has 0 aromatic heterocycles. The lowest BCUT2D eigenvalue weighted by Gasteiger charge is -2.16. The summed E-state index contributed by atoms with van der Waals surface area (Å²) in [6, 6.07) is 0. The second kappa shape index (κ2) is 3.81. The first kappa shape index (κ1) is 10.7. The molecule has 1 heteroatoms. The molecule has 0 spiro atoms. The summed E-state index contributed by atoms with van der Waals surface area (Å²) in [5.41, 5.74) is 0.396. The zero-order valence-corrected chi connectivity index (χ0v) is 9.39. The van der Waals surface area contributed by atoms with E-state index in [1.807, 2.05) is 0 Å². The number of Topliss-reactive ketones (excluding diaryl/α,β-unsaturated/α-hetero) is 1. The first-order chi connectivity index (χ1) is 5.96. The maximum Gasteiger partial charge on any atom is 0.136 e. The van der Waals surface area contributed by atoms with Gasteiger partial charge in [-0.1, -0.05) is 27.7 Å². The van der Waals surface area contributed by atoms with Crippen molar-refractivity contribution in [2.45, 2.75) is 53.4 Å². The summed E-state index contributed by atoms with van der Waals surface area (Å²) >= 11 is 0. The molecule has 2 atom stereocenters. The first-order valence-electron chi connectivity index (χ1n) is 5.49. The molecule has 13 heavy (non-hydrogen) atoms. The van der Waals surface area contributed by atoms with Crippen LogP contribution in [0.3, 0.4) is 0 Å². The third-order valence-corrected chi connectivity index (χ3v) is 3.24. The number of ketones is 1. The van der Waals surface area contributed by atoms with Crippen molar-refractivity contribution in [2.75, 3.05) is 0 Å². The van der Waals surface area contributed by atoms with Gasteiger partial charge in [0.15, 0.2) is 0 Å². The fourth-order valence-electron chi connectivity index (χ4n) is 2.76. The molecule has 0 radical (unpaired) electrons. The Morgan fingerprint density at radius 3 is 2.38 bits per heavy atom. The molecule has 0 amide bonds. The van der Waals surface area contributed by atoms with Crippen molar-refractivity contribution in [1.29, 1.82) is 0 Å². The summed E-state index contributed by atoms with van der Waals surface area (Å²) in [6.07, 6.45) is 4.10. The van der Waals surface area contributed by atoms with Crippen molar-refractivity contribution in [3.8, 4) is 0 Å². The SMILES string of the molecule is CCCC(=O)C1CC(C)(C)CC1C. The fraction of sp³-hybridized carbons (Fsp3) is 0.917. The third-order valence-electron chi connectivity index (χ3n) is 3.24. The summed E-state index contributed by atoms with van der Waals surface area (Å²) in [7, 11) is 0. The van der Waals surface area contributed by atoms with Crippen molar-refractivity contribution >= 4 is 5.78 Å². The zero-order valence-electron chi connectivity index (χ0n) is 9.39. The minimum Gasteiger partial charge on any atom is -0.299 e. The molecular formula is C12H22O. The molecule has 0 bridgehead atoms. The van der Waals surface area contributed by atoms with Crippen LogP contribution in [0.15, 0.2) is 0 Å². The van der Waals surface area contributed by atoms with Crippen LogP contribution in [0.1, 0.15) is 53.4 Å². The largest absolute Gasteiger partial charge is 0.299 e. The number of carbonyl (C=O) groups is 1. The number of hydrogen-bond donors (Lipinski definition) is 0. The van der Waals surface area contributed by atoms with Crippen LogP contribution >= 0.6 is 0 Å². The van der Waals surface area contributed by atoms with Gasteiger partial charge in [-0.2, -0.15) is 0 Å². The van der Waals surface area contributed by atoms with Crippen LogP contribution in [0.25, 0.3) is 0 Å². The molecule has 0 saturated heterocycles. The van der Waals surface area contributed by atoms with E-state index in [-0.39, 0.29) is 0 Å².